The predicted octanol–water partition coefficient (Wildman–Crippen LogP) is 6.18. The van der Waals surface area contributed by atoms with Crippen molar-refractivity contribution in [2.45, 2.75) is 50.6 Å². The monoisotopic (exact) mass is 354 g/mol. The molecule has 0 N–H and O–H groups in total. The van der Waals surface area contributed by atoms with E-state index in [4.69, 9.17) is 4.74 Å². The number of ether oxygens (including phenoxy) is 1. The Balaban J connectivity index is 1.73. The van der Waals surface area contributed by atoms with Crippen molar-refractivity contribution in [2.24, 2.45) is 5.92 Å². The molecule has 1 aromatic carbocycles. The first kappa shape index (κ1) is 18.2. The van der Waals surface area contributed by atoms with E-state index in [1.165, 1.54) is 12.1 Å². The Morgan fingerprint density at radius 3 is 2.40 bits per heavy atom. The van der Waals surface area contributed by atoms with Gasteiger partial charge >= 0.3 is 11.8 Å². The van der Waals surface area contributed by atoms with Crippen molar-refractivity contribution in [3.05, 3.63) is 53.6 Å². The third-order valence-electron chi connectivity index (χ3n) is 4.99. The van der Waals surface area contributed by atoms with Crippen LogP contribution >= 0.6 is 0 Å². The van der Waals surface area contributed by atoms with Gasteiger partial charge in [-0.3, -0.25) is 0 Å². The first-order valence-electron chi connectivity index (χ1n) is 8.72. The van der Waals surface area contributed by atoms with Gasteiger partial charge < -0.3 is 4.74 Å². The molecule has 0 amide bonds. The highest BCUT2D eigenvalue weighted by molar-refractivity contribution is 5.75. The molecule has 0 saturated carbocycles. The molecule has 1 heterocycles. The molecular weight excluding hydrogens is 332 g/mol. The number of hydrogen-bond donors (Lipinski definition) is 0. The average Bonchev–Trinajstić information content (AvgIpc) is 2.59. The molecule has 2 atom stereocenters. The summed E-state index contributed by atoms with van der Waals surface area (Å²) in [6.45, 7) is 2.86. The van der Waals surface area contributed by atoms with Crippen LogP contribution in [0.25, 0.3) is 5.57 Å². The summed E-state index contributed by atoms with van der Waals surface area (Å²) < 4.78 is 60.9. The zero-order valence-corrected chi connectivity index (χ0v) is 14.2. The van der Waals surface area contributed by atoms with E-state index in [1.54, 1.807) is 12.1 Å². The first-order valence-corrected chi connectivity index (χ1v) is 8.72. The molecule has 1 aliphatic heterocycles. The molecular formula is C20H22F4O. The van der Waals surface area contributed by atoms with Crippen LogP contribution in [-0.2, 0) is 4.74 Å². The second kappa shape index (κ2) is 6.94. The lowest BCUT2D eigenvalue weighted by Crippen LogP contribution is -2.41. The Labute approximate surface area is 145 Å². The summed E-state index contributed by atoms with van der Waals surface area (Å²) in [4.78, 5) is 0. The van der Waals surface area contributed by atoms with Gasteiger partial charge in [-0.25, -0.2) is 0 Å². The topological polar surface area (TPSA) is 9.23 Å². The quantitative estimate of drug-likeness (QED) is 0.587. The van der Waals surface area contributed by atoms with Gasteiger partial charge in [-0.2, -0.15) is 17.6 Å². The van der Waals surface area contributed by atoms with Crippen molar-refractivity contribution in [3.8, 4) is 0 Å². The molecule has 5 heteroatoms. The summed E-state index contributed by atoms with van der Waals surface area (Å²) >= 11 is 0. The molecule has 25 heavy (non-hydrogen) atoms. The number of allylic oxidation sites excluding steroid dienone is 4. The van der Waals surface area contributed by atoms with Gasteiger partial charge in [-0.1, -0.05) is 49.8 Å². The minimum Gasteiger partial charge on any atom is -0.373 e. The summed E-state index contributed by atoms with van der Waals surface area (Å²) in [5.41, 5.74) is 0.359. The Kier molecular flexibility index (Phi) is 5.05. The fourth-order valence-corrected chi connectivity index (χ4v) is 3.51. The summed E-state index contributed by atoms with van der Waals surface area (Å²) in [6.07, 6.45) is 6.49. The molecule has 1 aromatic rings. The van der Waals surface area contributed by atoms with Crippen molar-refractivity contribution in [1.82, 2.24) is 0 Å². The molecule has 0 spiro atoms. The third-order valence-corrected chi connectivity index (χ3v) is 4.99. The lowest BCUT2D eigenvalue weighted by atomic mass is 9.89. The lowest BCUT2D eigenvalue weighted by molar-refractivity contribution is -0.140. The highest BCUT2D eigenvalue weighted by Gasteiger charge is 2.58. The van der Waals surface area contributed by atoms with Gasteiger partial charge in [-0.15, -0.1) is 0 Å². The van der Waals surface area contributed by atoms with Gasteiger partial charge in [0.05, 0.1) is 12.7 Å². The molecule has 1 saturated heterocycles. The summed E-state index contributed by atoms with van der Waals surface area (Å²) in [5.74, 6) is -7.80. The lowest BCUT2D eigenvalue weighted by Gasteiger charge is -2.30. The fraction of sp³-hybridized carbons (Fsp3) is 0.500. The standard InChI is InChI=1S/C20H22F4O/c1-2-4-14-6-11-18(25-13-14)16-9-7-15(8-10-16)17-5-3-12-19(21,22)20(17,23)24/h3,5,7-10,12,14,18H,2,4,6,11,13H2,1H3. The predicted molar refractivity (Wildman–Crippen MR) is 89.8 cm³/mol. The van der Waals surface area contributed by atoms with Gasteiger partial charge in [-0.05, 0) is 42.4 Å². The van der Waals surface area contributed by atoms with Crippen LogP contribution in [0.4, 0.5) is 17.6 Å². The average molecular weight is 354 g/mol. The van der Waals surface area contributed by atoms with E-state index in [2.05, 4.69) is 6.92 Å². The molecule has 1 nitrogen and oxygen atoms in total. The van der Waals surface area contributed by atoms with E-state index in [0.717, 1.165) is 43.4 Å². The highest BCUT2D eigenvalue weighted by atomic mass is 19.3. The van der Waals surface area contributed by atoms with Gasteiger partial charge in [0.25, 0.3) is 0 Å². The van der Waals surface area contributed by atoms with Crippen molar-refractivity contribution in [3.63, 3.8) is 0 Å². The molecule has 0 radical (unpaired) electrons. The largest absolute Gasteiger partial charge is 0.373 e. The van der Waals surface area contributed by atoms with Crippen LogP contribution in [0, 0.1) is 5.92 Å². The molecule has 1 aliphatic carbocycles. The van der Waals surface area contributed by atoms with Crippen molar-refractivity contribution in [1.29, 1.82) is 0 Å². The van der Waals surface area contributed by atoms with Crippen molar-refractivity contribution < 1.29 is 22.3 Å². The summed E-state index contributed by atoms with van der Waals surface area (Å²) in [7, 11) is 0. The van der Waals surface area contributed by atoms with E-state index in [1.807, 2.05) is 0 Å². The van der Waals surface area contributed by atoms with E-state index in [0.29, 0.717) is 12.5 Å². The zero-order valence-electron chi connectivity index (χ0n) is 14.2. The van der Waals surface area contributed by atoms with Crippen LogP contribution in [0.15, 0.2) is 42.5 Å². The molecule has 2 aliphatic rings. The van der Waals surface area contributed by atoms with E-state index in [-0.39, 0.29) is 17.7 Å². The zero-order chi connectivity index (χ0) is 18.1. The van der Waals surface area contributed by atoms with E-state index >= 15 is 0 Å². The smallest absolute Gasteiger partial charge is 0.339 e. The van der Waals surface area contributed by atoms with Gasteiger partial charge in [0, 0.05) is 5.57 Å². The third kappa shape index (κ3) is 3.52. The summed E-state index contributed by atoms with van der Waals surface area (Å²) in [6, 6.07) is 6.36. The SMILES string of the molecule is CCCC1CCC(c2ccc(C3=CC=CC(F)(F)C3(F)F)cc2)OC1. The number of benzene rings is 1. The molecule has 136 valence electrons. The first-order chi connectivity index (χ1) is 11.8. The van der Waals surface area contributed by atoms with Crippen LogP contribution in [0.3, 0.4) is 0 Å². The molecule has 2 unspecified atom stereocenters. The Morgan fingerprint density at radius 2 is 1.80 bits per heavy atom. The Morgan fingerprint density at radius 1 is 1.08 bits per heavy atom. The van der Waals surface area contributed by atoms with Crippen molar-refractivity contribution >= 4 is 5.57 Å². The van der Waals surface area contributed by atoms with Gasteiger partial charge in [0.1, 0.15) is 0 Å². The number of halogens is 4. The summed E-state index contributed by atoms with van der Waals surface area (Å²) in [5, 5.41) is 0. The number of rotatable bonds is 4. The van der Waals surface area contributed by atoms with Gasteiger partial charge in [0.2, 0.25) is 0 Å². The maximum Gasteiger partial charge on any atom is 0.339 e. The van der Waals surface area contributed by atoms with E-state index in [9.17, 15) is 17.6 Å². The van der Waals surface area contributed by atoms with Crippen LogP contribution in [0.2, 0.25) is 0 Å². The molecule has 1 fully saturated rings. The molecule has 0 bridgehead atoms. The molecule has 0 aromatic heterocycles. The maximum atomic E-state index is 14.0. The minimum absolute atomic E-state index is 0.0515. The van der Waals surface area contributed by atoms with Crippen molar-refractivity contribution in [2.75, 3.05) is 6.61 Å². The van der Waals surface area contributed by atoms with Crippen LogP contribution < -0.4 is 0 Å². The highest BCUT2D eigenvalue weighted by Crippen LogP contribution is 2.47. The molecule has 3 rings (SSSR count). The maximum absolute atomic E-state index is 14.0. The second-order valence-electron chi connectivity index (χ2n) is 6.81. The van der Waals surface area contributed by atoms with Gasteiger partial charge in [0.15, 0.2) is 0 Å². The van der Waals surface area contributed by atoms with Crippen LogP contribution in [0.5, 0.6) is 0 Å². The Hall–Kier alpha value is -1.62. The Bertz CT molecular complexity index is 653. The second-order valence-corrected chi connectivity index (χ2v) is 6.81. The normalized spacial score (nSPS) is 27.8. The van der Waals surface area contributed by atoms with E-state index < -0.39 is 17.4 Å². The number of hydrogen-bond acceptors (Lipinski definition) is 1. The number of alkyl halides is 4. The minimum atomic E-state index is -4.21. The van der Waals surface area contributed by atoms with Crippen LogP contribution in [-0.4, -0.2) is 18.5 Å². The fourth-order valence-electron chi connectivity index (χ4n) is 3.51. The van der Waals surface area contributed by atoms with Crippen LogP contribution in [0.1, 0.15) is 49.8 Å².